The van der Waals surface area contributed by atoms with E-state index in [1.165, 1.54) is 0 Å². The van der Waals surface area contributed by atoms with Crippen LogP contribution in [0.5, 0.6) is 0 Å². The molecular formula is C31H26N6O2S. The monoisotopic (exact) mass is 546 g/mol. The van der Waals surface area contributed by atoms with Crippen molar-refractivity contribution in [3.8, 4) is 17.3 Å². The van der Waals surface area contributed by atoms with Gasteiger partial charge in [0.1, 0.15) is 0 Å². The second-order valence-corrected chi connectivity index (χ2v) is 10.7. The van der Waals surface area contributed by atoms with Gasteiger partial charge < -0.3 is 10.6 Å². The van der Waals surface area contributed by atoms with Crippen LogP contribution in [-0.4, -0.2) is 19.4 Å². The third kappa shape index (κ3) is 6.09. The van der Waals surface area contributed by atoms with E-state index < -0.39 is 10.0 Å². The molecule has 0 atom stereocenters. The molecule has 1 heterocycles. The molecule has 0 saturated heterocycles. The number of benzene rings is 4. The highest BCUT2D eigenvalue weighted by Crippen LogP contribution is 2.28. The van der Waals surface area contributed by atoms with Crippen LogP contribution in [0.4, 0.5) is 11.4 Å². The molecule has 0 saturated carbocycles. The van der Waals surface area contributed by atoms with Crippen molar-refractivity contribution in [2.45, 2.75) is 18.4 Å². The van der Waals surface area contributed by atoms with Gasteiger partial charge in [-0.3, -0.25) is 9.71 Å². The molecule has 0 aliphatic carbocycles. The van der Waals surface area contributed by atoms with Crippen molar-refractivity contribution < 1.29 is 8.42 Å². The number of nitrogens with zero attached hydrogens (tertiary/aromatic N) is 3. The summed E-state index contributed by atoms with van der Waals surface area (Å²) in [6.07, 6.45) is 1.82. The van der Waals surface area contributed by atoms with Gasteiger partial charge in [-0.15, -0.1) is 4.99 Å². The highest BCUT2D eigenvalue weighted by atomic mass is 32.2. The van der Waals surface area contributed by atoms with Crippen LogP contribution in [0.2, 0.25) is 0 Å². The molecule has 0 amide bonds. The lowest BCUT2D eigenvalue weighted by Crippen LogP contribution is -2.30. The summed E-state index contributed by atoms with van der Waals surface area (Å²) in [7, 11) is -3.83. The summed E-state index contributed by atoms with van der Waals surface area (Å²) in [6.45, 7) is 2.27. The molecule has 9 heteroatoms. The first-order chi connectivity index (χ1) is 19.4. The summed E-state index contributed by atoms with van der Waals surface area (Å²) in [6, 6.07) is 33.0. The van der Waals surface area contributed by atoms with Crippen molar-refractivity contribution in [3.63, 3.8) is 0 Å². The number of rotatable bonds is 7. The zero-order valence-corrected chi connectivity index (χ0v) is 22.5. The Morgan fingerprint density at radius 2 is 1.60 bits per heavy atom. The minimum Gasteiger partial charge on any atom is -0.351 e. The van der Waals surface area contributed by atoms with Crippen molar-refractivity contribution in [3.05, 3.63) is 120 Å². The summed E-state index contributed by atoms with van der Waals surface area (Å²) < 4.78 is 29.2. The molecule has 0 fully saturated rings. The van der Waals surface area contributed by atoms with Crippen molar-refractivity contribution in [2.24, 2.45) is 4.99 Å². The minimum atomic E-state index is -3.83. The lowest BCUT2D eigenvalue weighted by Gasteiger charge is -2.14. The fraction of sp³-hybridized carbons (Fsp3) is 0.0645. The van der Waals surface area contributed by atoms with Gasteiger partial charge in [-0.05, 0) is 48.4 Å². The van der Waals surface area contributed by atoms with Crippen LogP contribution in [0.3, 0.4) is 0 Å². The van der Waals surface area contributed by atoms with E-state index in [9.17, 15) is 13.7 Å². The van der Waals surface area contributed by atoms with E-state index in [0.29, 0.717) is 23.8 Å². The van der Waals surface area contributed by atoms with Gasteiger partial charge >= 0.3 is 0 Å². The van der Waals surface area contributed by atoms with Gasteiger partial charge in [-0.25, -0.2) is 8.42 Å². The number of hydrogen-bond donors (Lipinski definition) is 3. The number of aromatic nitrogens is 1. The Bertz CT molecular complexity index is 1830. The van der Waals surface area contributed by atoms with Gasteiger partial charge in [-0.1, -0.05) is 78.9 Å². The topological polar surface area (TPSA) is 119 Å². The van der Waals surface area contributed by atoms with Crippen LogP contribution in [0.1, 0.15) is 11.3 Å². The first-order valence-electron chi connectivity index (χ1n) is 12.5. The predicted molar refractivity (Wildman–Crippen MR) is 159 cm³/mol. The van der Waals surface area contributed by atoms with E-state index in [2.05, 4.69) is 25.3 Å². The molecule has 5 aromatic rings. The fourth-order valence-electron chi connectivity index (χ4n) is 4.34. The Labute approximate surface area is 233 Å². The number of nitriles is 1. The second-order valence-electron chi connectivity index (χ2n) is 9.03. The van der Waals surface area contributed by atoms with Crippen LogP contribution in [0, 0.1) is 18.4 Å². The molecule has 0 aliphatic rings. The maximum absolute atomic E-state index is 13.3. The lowest BCUT2D eigenvalue weighted by atomic mass is 10.1. The van der Waals surface area contributed by atoms with Gasteiger partial charge in [0.15, 0.2) is 0 Å². The highest BCUT2D eigenvalue weighted by molar-refractivity contribution is 7.92. The zero-order valence-electron chi connectivity index (χ0n) is 21.7. The van der Waals surface area contributed by atoms with Gasteiger partial charge in [0.25, 0.3) is 10.0 Å². The van der Waals surface area contributed by atoms with Gasteiger partial charge in [-0.2, -0.15) is 5.26 Å². The van der Waals surface area contributed by atoms with Crippen LogP contribution < -0.4 is 15.4 Å². The van der Waals surface area contributed by atoms with Crippen molar-refractivity contribution in [1.82, 2.24) is 10.3 Å². The van der Waals surface area contributed by atoms with Crippen molar-refractivity contribution in [1.29, 1.82) is 5.26 Å². The highest BCUT2D eigenvalue weighted by Gasteiger charge is 2.19. The second kappa shape index (κ2) is 11.7. The summed E-state index contributed by atoms with van der Waals surface area (Å²) in [5, 5.41) is 16.5. The molecular weight excluding hydrogens is 520 g/mol. The molecule has 0 aliphatic heterocycles. The molecule has 40 heavy (non-hydrogen) atoms. The number of anilines is 2. The zero-order chi connectivity index (χ0) is 28.0. The standard InChI is InChI=1S/C31H26N6O2S/c1-22-19-29(27-12-5-7-13-28(27)35-22)36-31(34-21-32)33-20-23-15-17-25(18-16-23)37-40(38,39)30-14-8-6-11-26(30)24-9-3-2-4-10-24/h2-19,37H,20H2,1H3,(H2,33,34,35,36). The van der Waals surface area contributed by atoms with E-state index in [0.717, 1.165) is 33.4 Å². The van der Waals surface area contributed by atoms with E-state index in [-0.39, 0.29) is 4.90 Å². The molecule has 8 nitrogen and oxygen atoms in total. The molecule has 0 bridgehead atoms. The Kier molecular flexibility index (Phi) is 7.71. The Hall–Kier alpha value is -5.20. The molecule has 0 spiro atoms. The fourth-order valence-corrected chi connectivity index (χ4v) is 5.63. The summed E-state index contributed by atoms with van der Waals surface area (Å²) in [5.74, 6) is 0.292. The molecule has 198 valence electrons. The molecule has 0 radical (unpaired) electrons. The van der Waals surface area contributed by atoms with E-state index in [1.807, 2.05) is 92.0 Å². The Balaban J connectivity index is 1.28. The molecule has 3 N–H and O–H groups in total. The van der Waals surface area contributed by atoms with E-state index in [1.54, 1.807) is 30.3 Å². The normalized spacial score (nSPS) is 11.6. The third-order valence-corrected chi connectivity index (χ3v) is 7.63. The average molecular weight is 547 g/mol. The predicted octanol–water partition coefficient (Wildman–Crippen LogP) is 6.05. The SMILES string of the molecule is Cc1cc(N/C(=N\C#N)NCc2ccc(NS(=O)(=O)c3ccccc3-c3ccccc3)cc2)c2ccccc2n1. The third-order valence-electron chi connectivity index (χ3n) is 6.19. The quantitative estimate of drug-likeness (QED) is 0.130. The number of pyridine rings is 1. The molecule has 1 aromatic heterocycles. The number of nitrogens with one attached hydrogen (secondary N) is 3. The largest absolute Gasteiger partial charge is 0.351 e. The number of sulfonamides is 1. The van der Waals surface area contributed by atoms with Gasteiger partial charge in [0.2, 0.25) is 12.2 Å². The number of hydrogen-bond acceptors (Lipinski definition) is 5. The lowest BCUT2D eigenvalue weighted by molar-refractivity contribution is 0.601. The van der Waals surface area contributed by atoms with Crippen LogP contribution >= 0.6 is 0 Å². The van der Waals surface area contributed by atoms with Crippen LogP contribution in [0.15, 0.2) is 119 Å². The number of aryl methyl sites for hydroxylation is 1. The molecule has 4 aromatic carbocycles. The van der Waals surface area contributed by atoms with E-state index in [4.69, 9.17) is 0 Å². The number of fused-ring (bicyclic) bond motifs is 1. The minimum absolute atomic E-state index is 0.203. The smallest absolute Gasteiger partial charge is 0.262 e. The molecule has 5 rings (SSSR count). The summed E-state index contributed by atoms with van der Waals surface area (Å²) in [4.78, 5) is 8.64. The summed E-state index contributed by atoms with van der Waals surface area (Å²) in [5.41, 5.74) is 5.22. The van der Waals surface area contributed by atoms with E-state index >= 15 is 0 Å². The molecule has 0 unspecified atom stereocenters. The maximum Gasteiger partial charge on any atom is 0.262 e. The average Bonchev–Trinajstić information content (AvgIpc) is 2.97. The first kappa shape index (κ1) is 26.4. The Morgan fingerprint density at radius 1 is 0.900 bits per heavy atom. The maximum atomic E-state index is 13.3. The number of aliphatic imine (C=N–C) groups is 1. The number of para-hydroxylation sites is 1. The van der Waals surface area contributed by atoms with Crippen LogP contribution in [-0.2, 0) is 16.6 Å². The van der Waals surface area contributed by atoms with Crippen molar-refractivity contribution >= 4 is 38.3 Å². The van der Waals surface area contributed by atoms with Crippen molar-refractivity contribution in [2.75, 3.05) is 10.0 Å². The number of guanidine groups is 1. The van der Waals surface area contributed by atoms with Gasteiger partial charge in [0.05, 0.1) is 16.1 Å². The van der Waals surface area contributed by atoms with Gasteiger partial charge in [0, 0.05) is 28.9 Å². The summed E-state index contributed by atoms with van der Waals surface area (Å²) >= 11 is 0. The van der Waals surface area contributed by atoms with Crippen LogP contribution in [0.25, 0.3) is 22.0 Å². The first-order valence-corrected chi connectivity index (χ1v) is 14.0. The Morgan fingerprint density at radius 3 is 2.38 bits per heavy atom.